The molecule has 0 saturated heterocycles. The second-order valence-corrected chi connectivity index (χ2v) is 6.53. The van der Waals surface area contributed by atoms with Crippen molar-refractivity contribution in [1.82, 2.24) is 0 Å². The number of benzene rings is 2. The zero-order chi connectivity index (χ0) is 15.2. The lowest BCUT2D eigenvalue weighted by Crippen LogP contribution is -2.10. The lowest BCUT2D eigenvalue weighted by molar-refractivity contribution is 0.414. The molecular weight excluding hydrogens is 399 g/mol. The van der Waals surface area contributed by atoms with Crippen LogP contribution in [0.1, 0.15) is 11.1 Å². The van der Waals surface area contributed by atoms with Gasteiger partial charge in [0.2, 0.25) is 0 Å². The van der Waals surface area contributed by atoms with E-state index < -0.39 is 0 Å². The summed E-state index contributed by atoms with van der Waals surface area (Å²) < 4.78 is 19.0. The van der Waals surface area contributed by atoms with Crippen LogP contribution in [0.5, 0.6) is 5.75 Å². The third-order valence-electron chi connectivity index (χ3n) is 3.41. The Hall–Kier alpha value is -0.870. The van der Waals surface area contributed by atoms with Crippen molar-refractivity contribution in [2.45, 2.75) is 12.8 Å². The van der Waals surface area contributed by atoms with Gasteiger partial charge in [-0.2, -0.15) is 0 Å². The van der Waals surface area contributed by atoms with E-state index in [1.165, 1.54) is 11.6 Å². The maximum atomic E-state index is 13.3. The normalized spacial score (nSPS) is 12.2. The fraction of sp³-hybridized carbons (Fsp3) is 0.294. The van der Waals surface area contributed by atoms with Crippen LogP contribution in [0.3, 0.4) is 0 Å². The van der Waals surface area contributed by atoms with Gasteiger partial charge in [-0.05, 0) is 70.1 Å². The number of hydrogen-bond acceptors (Lipinski definition) is 1. The SMILES string of the molecule is COc1ccc(CC(CBr)Cc2ccc(F)c(Br)c2)cc1. The monoisotopic (exact) mass is 414 g/mol. The lowest BCUT2D eigenvalue weighted by Gasteiger charge is -2.15. The summed E-state index contributed by atoms with van der Waals surface area (Å²) in [4.78, 5) is 0. The van der Waals surface area contributed by atoms with Gasteiger partial charge in [0.1, 0.15) is 11.6 Å². The first-order valence-corrected chi connectivity index (χ1v) is 8.66. The van der Waals surface area contributed by atoms with Crippen LogP contribution in [0.15, 0.2) is 46.9 Å². The van der Waals surface area contributed by atoms with E-state index in [9.17, 15) is 4.39 Å². The van der Waals surface area contributed by atoms with Crippen molar-refractivity contribution in [2.24, 2.45) is 5.92 Å². The van der Waals surface area contributed by atoms with Gasteiger partial charge in [-0.15, -0.1) is 0 Å². The van der Waals surface area contributed by atoms with Crippen LogP contribution in [-0.4, -0.2) is 12.4 Å². The van der Waals surface area contributed by atoms with Gasteiger partial charge in [0.15, 0.2) is 0 Å². The molecule has 0 fully saturated rings. The van der Waals surface area contributed by atoms with Crippen LogP contribution in [0.25, 0.3) is 0 Å². The molecule has 0 aliphatic heterocycles. The fourth-order valence-electron chi connectivity index (χ4n) is 2.28. The van der Waals surface area contributed by atoms with Crippen molar-refractivity contribution in [3.63, 3.8) is 0 Å². The average molecular weight is 416 g/mol. The molecule has 0 aliphatic rings. The largest absolute Gasteiger partial charge is 0.497 e. The van der Waals surface area contributed by atoms with Crippen molar-refractivity contribution >= 4 is 31.9 Å². The highest BCUT2D eigenvalue weighted by Gasteiger charge is 2.11. The van der Waals surface area contributed by atoms with Crippen molar-refractivity contribution < 1.29 is 9.13 Å². The molecule has 0 heterocycles. The van der Waals surface area contributed by atoms with Gasteiger partial charge >= 0.3 is 0 Å². The van der Waals surface area contributed by atoms with Crippen LogP contribution < -0.4 is 4.74 Å². The molecule has 0 saturated carbocycles. The Kier molecular flexibility index (Phi) is 6.24. The predicted octanol–water partition coefficient (Wildman–Crippen LogP) is 5.39. The van der Waals surface area contributed by atoms with Gasteiger partial charge in [0.05, 0.1) is 11.6 Å². The summed E-state index contributed by atoms with van der Waals surface area (Å²) in [6.45, 7) is 0. The summed E-state index contributed by atoms with van der Waals surface area (Å²) in [5, 5.41) is 0.911. The number of rotatable bonds is 6. The fourth-order valence-corrected chi connectivity index (χ4v) is 3.16. The Morgan fingerprint density at radius 3 is 2.24 bits per heavy atom. The predicted molar refractivity (Wildman–Crippen MR) is 91.8 cm³/mol. The van der Waals surface area contributed by atoms with Crippen LogP contribution in [0.2, 0.25) is 0 Å². The van der Waals surface area contributed by atoms with Gasteiger partial charge < -0.3 is 4.74 Å². The van der Waals surface area contributed by atoms with E-state index in [-0.39, 0.29) is 5.82 Å². The van der Waals surface area contributed by atoms with E-state index in [0.717, 1.165) is 29.5 Å². The van der Waals surface area contributed by atoms with Gasteiger partial charge in [-0.3, -0.25) is 0 Å². The van der Waals surface area contributed by atoms with Crippen molar-refractivity contribution in [1.29, 1.82) is 0 Å². The van der Waals surface area contributed by atoms with Crippen LogP contribution in [0, 0.1) is 11.7 Å². The standard InChI is InChI=1S/C17H17Br2FO/c1-21-15-5-2-12(3-6-15)8-14(11-18)9-13-4-7-17(20)16(19)10-13/h2-7,10,14H,8-9,11H2,1H3. The maximum Gasteiger partial charge on any atom is 0.137 e. The van der Waals surface area contributed by atoms with Crippen LogP contribution in [0.4, 0.5) is 4.39 Å². The topological polar surface area (TPSA) is 9.23 Å². The number of halogens is 3. The maximum absolute atomic E-state index is 13.3. The smallest absolute Gasteiger partial charge is 0.137 e. The Bertz CT molecular complexity index is 584. The Morgan fingerprint density at radius 1 is 1.05 bits per heavy atom. The minimum atomic E-state index is -0.218. The number of alkyl halides is 1. The summed E-state index contributed by atoms with van der Waals surface area (Å²) in [5.74, 6) is 1.12. The molecule has 4 heteroatoms. The summed E-state index contributed by atoms with van der Waals surface area (Å²) in [5.41, 5.74) is 2.42. The van der Waals surface area contributed by atoms with Crippen LogP contribution in [-0.2, 0) is 12.8 Å². The van der Waals surface area contributed by atoms with Crippen molar-refractivity contribution in [2.75, 3.05) is 12.4 Å². The zero-order valence-electron chi connectivity index (χ0n) is 11.8. The second-order valence-electron chi connectivity index (χ2n) is 5.03. The third-order valence-corrected chi connectivity index (χ3v) is 4.93. The van der Waals surface area contributed by atoms with Crippen molar-refractivity contribution in [3.05, 3.63) is 63.9 Å². The highest BCUT2D eigenvalue weighted by molar-refractivity contribution is 9.10. The molecule has 1 unspecified atom stereocenters. The average Bonchev–Trinajstić information content (AvgIpc) is 2.51. The molecule has 2 aromatic carbocycles. The van der Waals surface area contributed by atoms with E-state index in [1.807, 2.05) is 24.3 Å². The summed E-state index contributed by atoms with van der Waals surface area (Å²) in [6, 6.07) is 13.4. The molecule has 0 spiro atoms. The Morgan fingerprint density at radius 2 is 1.67 bits per heavy atom. The highest BCUT2D eigenvalue weighted by atomic mass is 79.9. The molecule has 1 atom stereocenters. The van der Waals surface area contributed by atoms with E-state index in [2.05, 4.69) is 44.0 Å². The molecule has 2 aromatic rings. The lowest BCUT2D eigenvalue weighted by atomic mass is 9.94. The van der Waals surface area contributed by atoms with Gasteiger partial charge in [0, 0.05) is 5.33 Å². The minimum absolute atomic E-state index is 0.218. The van der Waals surface area contributed by atoms with Gasteiger partial charge in [-0.25, -0.2) is 4.39 Å². The molecule has 0 aliphatic carbocycles. The first-order valence-electron chi connectivity index (χ1n) is 6.75. The number of ether oxygens (including phenoxy) is 1. The van der Waals surface area contributed by atoms with Gasteiger partial charge in [-0.1, -0.05) is 34.1 Å². The zero-order valence-corrected chi connectivity index (χ0v) is 15.0. The summed E-state index contributed by atoms with van der Waals surface area (Å²) >= 11 is 6.82. The van der Waals surface area contributed by atoms with E-state index in [1.54, 1.807) is 7.11 Å². The first kappa shape index (κ1) is 16.5. The van der Waals surface area contributed by atoms with E-state index in [0.29, 0.717) is 10.4 Å². The van der Waals surface area contributed by atoms with E-state index in [4.69, 9.17) is 4.74 Å². The molecule has 1 nitrogen and oxygen atoms in total. The quantitative estimate of drug-likeness (QED) is 0.574. The Balaban J connectivity index is 2.03. The molecule has 112 valence electrons. The van der Waals surface area contributed by atoms with Crippen molar-refractivity contribution in [3.8, 4) is 5.75 Å². The molecule has 0 aromatic heterocycles. The summed E-state index contributed by atoms with van der Waals surface area (Å²) in [7, 11) is 1.67. The Labute approximate surface area is 141 Å². The van der Waals surface area contributed by atoms with Gasteiger partial charge in [0.25, 0.3) is 0 Å². The minimum Gasteiger partial charge on any atom is -0.497 e. The number of hydrogen-bond donors (Lipinski definition) is 0. The molecule has 0 amide bonds. The molecule has 0 radical (unpaired) electrons. The number of methoxy groups -OCH3 is 1. The molecule has 21 heavy (non-hydrogen) atoms. The first-order chi connectivity index (χ1) is 10.1. The molecular formula is C17H17Br2FO. The third kappa shape index (κ3) is 4.82. The summed E-state index contributed by atoms with van der Waals surface area (Å²) in [6.07, 6.45) is 1.89. The molecule has 0 N–H and O–H groups in total. The second kappa shape index (κ2) is 7.95. The van der Waals surface area contributed by atoms with Crippen LogP contribution >= 0.6 is 31.9 Å². The highest BCUT2D eigenvalue weighted by Crippen LogP contribution is 2.22. The van der Waals surface area contributed by atoms with E-state index >= 15 is 0 Å². The molecule has 0 bridgehead atoms. The molecule has 2 rings (SSSR count).